The van der Waals surface area contributed by atoms with Crippen molar-refractivity contribution in [2.45, 2.75) is 6.42 Å². The number of hydrogen-bond donors (Lipinski definition) is 2. The van der Waals surface area contributed by atoms with Crippen LogP contribution in [0.2, 0.25) is 0 Å². The fraction of sp³-hybridized carbons (Fsp3) is 0.200. The van der Waals surface area contributed by atoms with Crippen LogP contribution in [0, 0.1) is 0 Å². The third-order valence-electron chi connectivity index (χ3n) is 2.97. The highest BCUT2D eigenvalue weighted by Crippen LogP contribution is 2.14. The van der Waals surface area contributed by atoms with Gasteiger partial charge in [0, 0.05) is 5.56 Å². The molecule has 0 saturated carbocycles. The van der Waals surface area contributed by atoms with Crippen molar-refractivity contribution in [1.29, 1.82) is 0 Å². The first kappa shape index (κ1) is 16.2. The Balaban J connectivity index is 2.24. The molecule has 2 aromatic rings. The van der Waals surface area contributed by atoms with Crippen molar-refractivity contribution >= 4 is 23.8 Å². The standard InChI is InChI=1S/C15H15N3O5/c1-22-11(19)8-10-12(14(21)23-2)17-15(16-10)18-13(20)9-6-4-3-5-7-9/h3-7H,8H2,1-2H3,(H2,16,17,18,20). The number of benzene rings is 1. The smallest absolute Gasteiger partial charge is 0.358 e. The molecule has 0 aliphatic carbocycles. The van der Waals surface area contributed by atoms with Crippen molar-refractivity contribution in [2.24, 2.45) is 0 Å². The number of methoxy groups -OCH3 is 2. The summed E-state index contributed by atoms with van der Waals surface area (Å²) in [5.74, 6) is -1.64. The first-order valence-corrected chi connectivity index (χ1v) is 6.65. The molecule has 0 unspecified atom stereocenters. The van der Waals surface area contributed by atoms with E-state index in [1.54, 1.807) is 30.3 Å². The average molecular weight is 317 g/mol. The zero-order valence-electron chi connectivity index (χ0n) is 12.6. The Hall–Kier alpha value is -3.16. The number of carbonyl (C=O) groups excluding carboxylic acids is 3. The number of carbonyl (C=O) groups is 3. The Morgan fingerprint density at radius 1 is 1.13 bits per heavy atom. The second-order valence-corrected chi connectivity index (χ2v) is 4.48. The van der Waals surface area contributed by atoms with Gasteiger partial charge in [0.05, 0.1) is 26.3 Å². The van der Waals surface area contributed by atoms with E-state index < -0.39 is 17.8 Å². The van der Waals surface area contributed by atoms with E-state index in [0.29, 0.717) is 5.56 Å². The molecule has 1 heterocycles. The third-order valence-corrected chi connectivity index (χ3v) is 2.97. The normalized spacial score (nSPS) is 10.0. The number of amides is 1. The summed E-state index contributed by atoms with van der Waals surface area (Å²) in [6.45, 7) is 0. The summed E-state index contributed by atoms with van der Waals surface area (Å²) >= 11 is 0. The molecule has 0 saturated heterocycles. The van der Waals surface area contributed by atoms with Crippen molar-refractivity contribution in [2.75, 3.05) is 19.5 Å². The summed E-state index contributed by atoms with van der Waals surface area (Å²) in [5.41, 5.74) is 0.548. The van der Waals surface area contributed by atoms with Crippen LogP contribution in [0.15, 0.2) is 30.3 Å². The monoisotopic (exact) mass is 317 g/mol. The molecule has 8 heteroatoms. The van der Waals surface area contributed by atoms with Gasteiger partial charge >= 0.3 is 11.9 Å². The van der Waals surface area contributed by atoms with Gasteiger partial charge in [0.2, 0.25) is 5.95 Å². The van der Waals surface area contributed by atoms with Gasteiger partial charge in [0.15, 0.2) is 5.69 Å². The van der Waals surface area contributed by atoms with Gasteiger partial charge in [0.25, 0.3) is 5.91 Å². The second kappa shape index (κ2) is 7.21. The molecule has 0 radical (unpaired) electrons. The lowest BCUT2D eigenvalue weighted by Crippen LogP contribution is -2.13. The van der Waals surface area contributed by atoms with Gasteiger partial charge in [-0.05, 0) is 12.1 Å². The van der Waals surface area contributed by atoms with Crippen LogP contribution in [-0.2, 0) is 20.7 Å². The maximum atomic E-state index is 12.1. The second-order valence-electron chi connectivity index (χ2n) is 4.48. The number of imidazole rings is 1. The molecule has 2 rings (SSSR count). The van der Waals surface area contributed by atoms with E-state index in [4.69, 9.17) is 0 Å². The zero-order valence-corrected chi connectivity index (χ0v) is 12.6. The molecule has 0 spiro atoms. The van der Waals surface area contributed by atoms with Gasteiger partial charge < -0.3 is 14.5 Å². The first-order chi connectivity index (χ1) is 11.0. The number of esters is 2. The van der Waals surface area contributed by atoms with Crippen LogP contribution in [0.5, 0.6) is 0 Å². The molecule has 2 N–H and O–H groups in total. The number of aromatic nitrogens is 2. The van der Waals surface area contributed by atoms with Crippen LogP contribution in [-0.4, -0.2) is 42.0 Å². The van der Waals surface area contributed by atoms with Gasteiger partial charge in [-0.25, -0.2) is 9.78 Å². The lowest BCUT2D eigenvalue weighted by atomic mass is 10.2. The van der Waals surface area contributed by atoms with Crippen LogP contribution in [0.25, 0.3) is 0 Å². The van der Waals surface area contributed by atoms with E-state index in [1.807, 2.05) is 0 Å². The number of nitrogens with one attached hydrogen (secondary N) is 2. The minimum Gasteiger partial charge on any atom is -0.469 e. The summed E-state index contributed by atoms with van der Waals surface area (Å²) < 4.78 is 9.16. The molecular weight excluding hydrogens is 302 g/mol. The number of H-pyrrole nitrogens is 1. The minimum absolute atomic E-state index is 0.0400. The first-order valence-electron chi connectivity index (χ1n) is 6.65. The molecular formula is C15H15N3O5. The van der Waals surface area contributed by atoms with E-state index in [2.05, 4.69) is 24.8 Å². The van der Waals surface area contributed by atoms with Crippen LogP contribution < -0.4 is 5.32 Å². The average Bonchev–Trinajstić information content (AvgIpc) is 2.96. The van der Waals surface area contributed by atoms with Crippen molar-refractivity contribution < 1.29 is 23.9 Å². The van der Waals surface area contributed by atoms with Crippen molar-refractivity contribution in [1.82, 2.24) is 9.97 Å². The lowest BCUT2D eigenvalue weighted by molar-refractivity contribution is -0.139. The molecule has 1 aromatic heterocycles. The quantitative estimate of drug-likeness (QED) is 0.801. The molecule has 1 aromatic carbocycles. The van der Waals surface area contributed by atoms with Gasteiger partial charge in [-0.3, -0.25) is 14.9 Å². The number of ether oxygens (including phenoxy) is 2. The highest BCUT2D eigenvalue weighted by Gasteiger charge is 2.21. The summed E-state index contributed by atoms with van der Waals surface area (Å²) in [6.07, 6.45) is -0.199. The predicted octanol–water partition coefficient (Wildman–Crippen LogP) is 1.16. The fourth-order valence-corrected chi connectivity index (χ4v) is 1.85. The Morgan fingerprint density at radius 2 is 1.83 bits per heavy atom. The van der Waals surface area contributed by atoms with E-state index in [-0.39, 0.29) is 23.8 Å². The Bertz CT molecular complexity index is 724. The number of nitrogens with zero attached hydrogens (tertiary/aromatic N) is 1. The molecule has 120 valence electrons. The fourth-order valence-electron chi connectivity index (χ4n) is 1.85. The minimum atomic E-state index is -0.722. The van der Waals surface area contributed by atoms with Gasteiger partial charge in [-0.1, -0.05) is 18.2 Å². The van der Waals surface area contributed by atoms with Gasteiger partial charge in [-0.2, -0.15) is 0 Å². The summed E-state index contributed by atoms with van der Waals surface area (Å²) in [6, 6.07) is 8.50. The van der Waals surface area contributed by atoms with Crippen LogP contribution in [0.4, 0.5) is 5.95 Å². The van der Waals surface area contributed by atoms with Gasteiger partial charge in [0.1, 0.15) is 0 Å². The van der Waals surface area contributed by atoms with Crippen molar-refractivity contribution in [3.8, 4) is 0 Å². The van der Waals surface area contributed by atoms with Crippen LogP contribution >= 0.6 is 0 Å². The maximum Gasteiger partial charge on any atom is 0.358 e. The maximum absolute atomic E-state index is 12.1. The molecule has 0 aliphatic heterocycles. The molecule has 0 atom stereocenters. The predicted molar refractivity (Wildman–Crippen MR) is 80.0 cm³/mol. The number of aromatic amines is 1. The highest BCUT2D eigenvalue weighted by molar-refractivity contribution is 6.03. The summed E-state index contributed by atoms with van der Waals surface area (Å²) in [4.78, 5) is 41.8. The molecule has 8 nitrogen and oxygen atoms in total. The van der Waals surface area contributed by atoms with Crippen molar-refractivity contribution in [3.05, 3.63) is 47.3 Å². The number of rotatable bonds is 5. The van der Waals surface area contributed by atoms with E-state index in [1.165, 1.54) is 14.2 Å². The SMILES string of the molecule is COC(=O)Cc1[nH]c(NC(=O)c2ccccc2)nc1C(=O)OC. The Labute approximate surface area is 131 Å². The van der Waals surface area contributed by atoms with Crippen LogP contribution in [0.1, 0.15) is 26.5 Å². The lowest BCUT2D eigenvalue weighted by Gasteiger charge is -2.01. The van der Waals surface area contributed by atoms with E-state index in [9.17, 15) is 14.4 Å². The van der Waals surface area contributed by atoms with Gasteiger partial charge in [-0.15, -0.1) is 0 Å². The third kappa shape index (κ3) is 3.94. The zero-order chi connectivity index (χ0) is 16.8. The molecule has 1 amide bonds. The van der Waals surface area contributed by atoms with Crippen LogP contribution in [0.3, 0.4) is 0 Å². The molecule has 0 fully saturated rings. The number of anilines is 1. The molecule has 0 bridgehead atoms. The molecule has 0 aliphatic rings. The van der Waals surface area contributed by atoms with E-state index >= 15 is 0 Å². The highest BCUT2D eigenvalue weighted by atomic mass is 16.5. The Kier molecular flexibility index (Phi) is 5.08. The number of hydrogen-bond acceptors (Lipinski definition) is 6. The summed E-state index contributed by atoms with van der Waals surface area (Å²) in [7, 11) is 2.43. The molecule has 23 heavy (non-hydrogen) atoms. The Morgan fingerprint density at radius 3 is 2.43 bits per heavy atom. The summed E-state index contributed by atoms with van der Waals surface area (Å²) in [5, 5.41) is 2.52. The van der Waals surface area contributed by atoms with E-state index in [0.717, 1.165) is 0 Å². The topological polar surface area (TPSA) is 110 Å². The largest absolute Gasteiger partial charge is 0.469 e. The van der Waals surface area contributed by atoms with Crippen molar-refractivity contribution in [3.63, 3.8) is 0 Å².